The van der Waals surface area contributed by atoms with Gasteiger partial charge in [0.15, 0.2) is 0 Å². The lowest BCUT2D eigenvalue weighted by Gasteiger charge is -2.34. The van der Waals surface area contributed by atoms with Gasteiger partial charge in [0.2, 0.25) is 0 Å². The van der Waals surface area contributed by atoms with Gasteiger partial charge >= 0.3 is 0 Å². The number of amides is 1. The van der Waals surface area contributed by atoms with Crippen LogP contribution >= 0.6 is 11.3 Å². The molecular formula is C23H25N3O2S. The van der Waals surface area contributed by atoms with Crippen molar-refractivity contribution in [2.75, 3.05) is 39.3 Å². The predicted molar refractivity (Wildman–Crippen MR) is 117 cm³/mol. The van der Waals surface area contributed by atoms with Crippen molar-refractivity contribution in [2.24, 2.45) is 0 Å². The molecule has 0 unspecified atom stereocenters. The summed E-state index contributed by atoms with van der Waals surface area (Å²) in [5.74, 6) is 0.999. The largest absolute Gasteiger partial charge is 0.492 e. The van der Waals surface area contributed by atoms with E-state index < -0.39 is 0 Å². The third-order valence-electron chi connectivity index (χ3n) is 5.09. The second-order valence-corrected chi connectivity index (χ2v) is 8.09. The van der Waals surface area contributed by atoms with Crippen LogP contribution in [0.5, 0.6) is 5.75 Å². The summed E-state index contributed by atoms with van der Waals surface area (Å²) in [5, 5.41) is 0.906. The standard InChI is InChI=1S/C23H25N3O2S/c1-18-21(29-22(24-18)19-8-4-2-5-9-19)23(27)26-14-12-25(13-15-26)16-17-28-20-10-6-3-7-11-20/h2-11H,12-17H2,1H3. The fraction of sp³-hybridized carbons (Fsp3) is 0.304. The second-order valence-electron chi connectivity index (χ2n) is 7.09. The highest BCUT2D eigenvalue weighted by Gasteiger charge is 2.25. The highest BCUT2D eigenvalue weighted by molar-refractivity contribution is 7.17. The molecule has 1 aliphatic heterocycles. The summed E-state index contributed by atoms with van der Waals surface area (Å²) < 4.78 is 5.78. The van der Waals surface area contributed by atoms with Gasteiger partial charge in [-0.05, 0) is 19.1 Å². The van der Waals surface area contributed by atoms with Crippen LogP contribution in [0.1, 0.15) is 15.4 Å². The Hall–Kier alpha value is -2.70. The molecule has 0 bridgehead atoms. The molecule has 2 heterocycles. The first-order valence-electron chi connectivity index (χ1n) is 9.93. The van der Waals surface area contributed by atoms with E-state index >= 15 is 0 Å². The zero-order chi connectivity index (χ0) is 20.1. The van der Waals surface area contributed by atoms with E-state index in [2.05, 4.69) is 9.88 Å². The van der Waals surface area contributed by atoms with Crippen molar-refractivity contribution in [3.63, 3.8) is 0 Å². The Bertz CT molecular complexity index is 935. The number of piperazine rings is 1. The Morgan fingerprint density at radius 1 is 1.00 bits per heavy atom. The van der Waals surface area contributed by atoms with Crippen molar-refractivity contribution in [1.82, 2.24) is 14.8 Å². The molecule has 0 atom stereocenters. The van der Waals surface area contributed by atoms with Crippen LogP contribution in [0.4, 0.5) is 0 Å². The Kier molecular flexibility index (Phi) is 6.22. The molecule has 1 fully saturated rings. The molecule has 0 aliphatic carbocycles. The van der Waals surface area contributed by atoms with Crippen molar-refractivity contribution in [1.29, 1.82) is 0 Å². The SMILES string of the molecule is Cc1nc(-c2ccccc2)sc1C(=O)N1CCN(CCOc2ccccc2)CC1. The molecular weight excluding hydrogens is 382 g/mol. The van der Waals surface area contributed by atoms with Crippen molar-refractivity contribution in [3.8, 4) is 16.3 Å². The van der Waals surface area contributed by atoms with Crippen LogP contribution in [0.25, 0.3) is 10.6 Å². The Morgan fingerprint density at radius 3 is 2.34 bits per heavy atom. The molecule has 29 heavy (non-hydrogen) atoms. The number of carbonyl (C=O) groups is 1. The minimum atomic E-state index is 0.0994. The van der Waals surface area contributed by atoms with E-state index in [0.29, 0.717) is 6.61 Å². The topological polar surface area (TPSA) is 45.7 Å². The summed E-state index contributed by atoms with van der Waals surface area (Å²) in [6, 6.07) is 19.9. The molecule has 1 saturated heterocycles. The molecule has 3 aromatic rings. The monoisotopic (exact) mass is 407 g/mol. The molecule has 0 N–H and O–H groups in total. The van der Waals surface area contributed by atoms with Gasteiger partial charge in [-0.2, -0.15) is 0 Å². The smallest absolute Gasteiger partial charge is 0.265 e. The van der Waals surface area contributed by atoms with Gasteiger partial charge in [-0.15, -0.1) is 11.3 Å². The van der Waals surface area contributed by atoms with Crippen molar-refractivity contribution < 1.29 is 9.53 Å². The summed E-state index contributed by atoms with van der Waals surface area (Å²) in [6.45, 7) is 6.67. The van der Waals surface area contributed by atoms with Crippen molar-refractivity contribution >= 4 is 17.2 Å². The first-order chi connectivity index (χ1) is 14.2. The van der Waals surface area contributed by atoms with Gasteiger partial charge < -0.3 is 9.64 Å². The normalized spacial score (nSPS) is 14.7. The number of carbonyl (C=O) groups excluding carboxylic acids is 1. The Balaban J connectivity index is 1.29. The number of nitrogens with zero attached hydrogens (tertiary/aromatic N) is 3. The summed E-state index contributed by atoms with van der Waals surface area (Å²) in [7, 11) is 0. The van der Waals surface area contributed by atoms with E-state index in [0.717, 1.165) is 59.6 Å². The van der Waals surface area contributed by atoms with Crippen LogP contribution in [0.15, 0.2) is 60.7 Å². The van der Waals surface area contributed by atoms with Crippen LogP contribution < -0.4 is 4.74 Å². The minimum absolute atomic E-state index is 0.0994. The lowest BCUT2D eigenvalue weighted by atomic mass is 10.2. The maximum atomic E-state index is 13.0. The fourth-order valence-electron chi connectivity index (χ4n) is 3.43. The van der Waals surface area contributed by atoms with Gasteiger partial charge in [-0.1, -0.05) is 48.5 Å². The van der Waals surface area contributed by atoms with Crippen LogP contribution in [0.3, 0.4) is 0 Å². The number of hydrogen-bond acceptors (Lipinski definition) is 5. The molecule has 1 aromatic heterocycles. The third kappa shape index (κ3) is 4.83. The average molecular weight is 408 g/mol. The molecule has 1 amide bonds. The van der Waals surface area contributed by atoms with E-state index in [-0.39, 0.29) is 5.91 Å². The van der Waals surface area contributed by atoms with Gasteiger partial charge in [-0.3, -0.25) is 9.69 Å². The van der Waals surface area contributed by atoms with E-state index in [1.807, 2.05) is 72.5 Å². The van der Waals surface area contributed by atoms with Crippen LogP contribution in [0, 0.1) is 6.92 Å². The molecule has 1 aliphatic rings. The number of para-hydroxylation sites is 1. The number of aromatic nitrogens is 1. The zero-order valence-corrected chi connectivity index (χ0v) is 17.4. The molecule has 0 radical (unpaired) electrons. The summed E-state index contributed by atoms with van der Waals surface area (Å²) in [4.78, 5) is 22.7. The number of ether oxygens (including phenoxy) is 1. The molecule has 0 spiro atoms. The van der Waals surface area contributed by atoms with E-state index in [1.54, 1.807) is 0 Å². The summed E-state index contributed by atoms with van der Waals surface area (Å²) in [5.41, 5.74) is 1.88. The molecule has 4 rings (SSSR count). The maximum Gasteiger partial charge on any atom is 0.265 e. The molecule has 2 aromatic carbocycles. The number of rotatable bonds is 6. The summed E-state index contributed by atoms with van der Waals surface area (Å²) in [6.07, 6.45) is 0. The lowest BCUT2D eigenvalue weighted by molar-refractivity contribution is 0.0624. The molecule has 5 nitrogen and oxygen atoms in total. The van der Waals surface area contributed by atoms with E-state index in [4.69, 9.17) is 4.74 Å². The van der Waals surface area contributed by atoms with E-state index in [1.165, 1.54) is 11.3 Å². The van der Waals surface area contributed by atoms with Gasteiger partial charge in [0.1, 0.15) is 22.2 Å². The average Bonchev–Trinajstić information content (AvgIpc) is 3.17. The molecule has 6 heteroatoms. The second kappa shape index (κ2) is 9.20. The van der Waals surface area contributed by atoms with Gasteiger partial charge in [-0.25, -0.2) is 4.98 Å². The third-order valence-corrected chi connectivity index (χ3v) is 6.29. The van der Waals surface area contributed by atoms with Crippen LogP contribution in [-0.2, 0) is 0 Å². The number of thiazole rings is 1. The van der Waals surface area contributed by atoms with Crippen molar-refractivity contribution in [3.05, 3.63) is 71.2 Å². The quantitative estimate of drug-likeness (QED) is 0.621. The first-order valence-corrected chi connectivity index (χ1v) is 10.7. The molecule has 0 saturated carbocycles. The lowest BCUT2D eigenvalue weighted by Crippen LogP contribution is -2.49. The summed E-state index contributed by atoms with van der Waals surface area (Å²) >= 11 is 1.49. The van der Waals surface area contributed by atoms with Gasteiger partial charge in [0.05, 0.1) is 5.69 Å². The highest BCUT2D eigenvalue weighted by Crippen LogP contribution is 2.28. The molecule has 150 valence electrons. The van der Waals surface area contributed by atoms with Crippen LogP contribution in [-0.4, -0.2) is 60.0 Å². The number of hydrogen-bond donors (Lipinski definition) is 0. The fourth-order valence-corrected chi connectivity index (χ4v) is 4.47. The predicted octanol–water partition coefficient (Wildman–Crippen LogP) is 3.96. The Labute approximate surface area is 175 Å². The Morgan fingerprint density at radius 2 is 1.66 bits per heavy atom. The number of aryl methyl sites for hydroxylation is 1. The maximum absolute atomic E-state index is 13.0. The van der Waals surface area contributed by atoms with Gasteiger partial charge in [0, 0.05) is 38.3 Å². The van der Waals surface area contributed by atoms with Crippen molar-refractivity contribution in [2.45, 2.75) is 6.92 Å². The first kappa shape index (κ1) is 19.6. The van der Waals surface area contributed by atoms with Crippen LogP contribution in [0.2, 0.25) is 0 Å². The van der Waals surface area contributed by atoms with Gasteiger partial charge in [0.25, 0.3) is 5.91 Å². The minimum Gasteiger partial charge on any atom is -0.492 e. The number of benzene rings is 2. The zero-order valence-electron chi connectivity index (χ0n) is 16.6. The highest BCUT2D eigenvalue weighted by atomic mass is 32.1. The van der Waals surface area contributed by atoms with E-state index in [9.17, 15) is 4.79 Å².